The molecule has 0 heterocycles. The summed E-state index contributed by atoms with van der Waals surface area (Å²) in [6, 6.07) is 11.3. The van der Waals surface area contributed by atoms with Crippen molar-refractivity contribution in [1.82, 2.24) is 4.83 Å². The summed E-state index contributed by atoms with van der Waals surface area (Å²) in [5, 5.41) is 14.2. The molecule has 0 aliphatic rings. The average molecular weight is 320 g/mol. The van der Waals surface area contributed by atoms with E-state index in [4.69, 9.17) is 5.73 Å². The van der Waals surface area contributed by atoms with E-state index in [1.54, 1.807) is 6.07 Å². The van der Waals surface area contributed by atoms with Crippen LogP contribution in [-0.4, -0.2) is 19.6 Å². The molecule has 0 radical (unpaired) electrons. The van der Waals surface area contributed by atoms with Crippen LogP contribution in [0.3, 0.4) is 0 Å². The molecule has 2 aromatic rings. The Balaban J connectivity index is 2.13. The van der Waals surface area contributed by atoms with Crippen molar-refractivity contribution in [2.24, 2.45) is 5.10 Å². The van der Waals surface area contributed by atoms with Crippen molar-refractivity contribution in [3.05, 3.63) is 64.2 Å². The van der Waals surface area contributed by atoms with E-state index >= 15 is 0 Å². The van der Waals surface area contributed by atoms with Gasteiger partial charge in [0.2, 0.25) is 0 Å². The van der Waals surface area contributed by atoms with Crippen LogP contribution < -0.4 is 10.6 Å². The molecule has 0 saturated carbocycles. The second kappa shape index (κ2) is 6.22. The topological polar surface area (TPSA) is 128 Å². The predicted octanol–water partition coefficient (Wildman–Crippen LogP) is 1.49. The monoisotopic (exact) mass is 320 g/mol. The Morgan fingerprint density at radius 1 is 1.18 bits per heavy atom. The summed E-state index contributed by atoms with van der Waals surface area (Å²) in [6.45, 7) is 0. The minimum absolute atomic E-state index is 0.0119. The SMILES string of the molecule is Nc1ccc(S(=O)(=O)NN=Cc2cccc([N+](=O)[O-])c2)cc1. The van der Waals surface area contributed by atoms with Gasteiger partial charge in [-0.05, 0) is 24.3 Å². The first-order chi connectivity index (χ1) is 10.4. The molecule has 0 atom stereocenters. The number of non-ortho nitro benzene ring substituents is 1. The lowest BCUT2D eigenvalue weighted by atomic mass is 10.2. The summed E-state index contributed by atoms with van der Waals surface area (Å²) < 4.78 is 23.9. The Morgan fingerprint density at radius 2 is 1.86 bits per heavy atom. The number of nitrogens with two attached hydrogens (primary N) is 1. The van der Waals surface area contributed by atoms with E-state index in [1.807, 2.05) is 4.83 Å². The van der Waals surface area contributed by atoms with E-state index in [2.05, 4.69) is 5.10 Å². The zero-order valence-electron chi connectivity index (χ0n) is 11.2. The number of nitro groups is 1. The van der Waals surface area contributed by atoms with Gasteiger partial charge in [-0.3, -0.25) is 10.1 Å². The third kappa shape index (κ3) is 3.79. The Kier molecular flexibility index (Phi) is 4.37. The minimum Gasteiger partial charge on any atom is -0.399 e. The van der Waals surface area contributed by atoms with Crippen LogP contribution in [0.4, 0.5) is 11.4 Å². The highest BCUT2D eigenvalue weighted by molar-refractivity contribution is 7.89. The van der Waals surface area contributed by atoms with Gasteiger partial charge >= 0.3 is 0 Å². The number of nitrogens with one attached hydrogen (secondary N) is 1. The lowest BCUT2D eigenvalue weighted by Crippen LogP contribution is -2.18. The molecule has 9 heteroatoms. The van der Waals surface area contributed by atoms with E-state index in [-0.39, 0.29) is 10.6 Å². The van der Waals surface area contributed by atoms with Gasteiger partial charge in [0, 0.05) is 23.4 Å². The molecule has 114 valence electrons. The summed E-state index contributed by atoms with van der Waals surface area (Å²) in [5.74, 6) is 0. The van der Waals surface area contributed by atoms with Crippen LogP contribution in [-0.2, 0) is 10.0 Å². The fourth-order valence-electron chi connectivity index (χ4n) is 1.59. The first-order valence-electron chi connectivity index (χ1n) is 6.03. The number of nitrogens with zero attached hydrogens (tertiary/aromatic N) is 2. The second-order valence-electron chi connectivity index (χ2n) is 4.27. The molecule has 0 bridgehead atoms. The normalized spacial score (nSPS) is 11.5. The highest BCUT2D eigenvalue weighted by atomic mass is 32.2. The molecule has 0 unspecified atom stereocenters. The highest BCUT2D eigenvalue weighted by Crippen LogP contribution is 2.12. The third-order valence-electron chi connectivity index (χ3n) is 2.66. The van der Waals surface area contributed by atoms with Crippen molar-refractivity contribution >= 4 is 27.6 Å². The summed E-state index contributed by atoms with van der Waals surface area (Å²) in [7, 11) is -3.81. The summed E-state index contributed by atoms with van der Waals surface area (Å²) >= 11 is 0. The van der Waals surface area contributed by atoms with Crippen LogP contribution in [0.15, 0.2) is 58.5 Å². The van der Waals surface area contributed by atoms with Gasteiger partial charge in [-0.25, -0.2) is 4.83 Å². The van der Waals surface area contributed by atoms with Gasteiger partial charge in [0.05, 0.1) is 16.0 Å². The minimum atomic E-state index is -3.81. The van der Waals surface area contributed by atoms with Crippen molar-refractivity contribution in [2.75, 3.05) is 5.73 Å². The maximum Gasteiger partial charge on any atom is 0.276 e. The molecule has 0 amide bonds. The first kappa shape index (κ1) is 15.4. The molecule has 0 spiro atoms. The number of benzene rings is 2. The maximum atomic E-state index is 11.9. The zero-order chi connectivity index (χ0) is 16.2. The van der Waals surface area contributed by atoms with Crippen molar-refractivity contribution in [2.45, 2.75) is 4.90 Å². The van der Waals surface area contributed by atoms with Crippen LogP contribution in [0.1, 0.15) is 5.56 Å². The number of rotatable bonds is 5. The fourth-order valence-corrected chi connectivity index (χ4v) is 2.38. The number of sulfonamides is 1. The molecule has 0 fully saturated rings. The maximum absolute atomic E-state index is 11.9. The van der Waals surface area contributed by atoms with Crippen molar-refractivity contribution < 1.29 is 13.3 Å². The third-order valence-corrected chi connectivity index (χ3v) is 3.90. The van der Waals surface area contributed by atoms with Gasteiger partial charge in [0.1, 0.15) is 0 Å². The summed E-state index contributed by atoms with van der Waals surface area (Å²) in [4.78, 5) is 12.1. The van der Waals surface area contributed by atoms with Crippen molar-refractivity contribution in [3.8, 4) is 0 Å². The number of nitrogen functional groups attached to an aromatic ring is 1. The van der Waals surface area contributed by atoms with Gasteiger partial charge in [-0.15, -0.1) is 0 Å². The summed E-state index contributed by atoms with van der Waals surface area (Å²) in [5.41, 5.74) is 6.22. The standard InChI is InChI=1S/C13H12N4O4S/c14-11-4-6-13(7-5-11)22(20,21)16-15-9-10-2-1-3-12(8-10)17(18)19/h1-9,16H,14H2. The highest BCUT2D eigenvalue weighted by Gasteiger charge is 2.12. The van der Waals surface area contributed by atoms with Crippen LogP contribution in [0.5, 0.6) is 0 Å². The van der Waals surface area contributed by atoms with Crippen molar-refractivity contribution in [1.29, 1.82) is 0 Å². The number of hydrazone groups is 1. The summed E-state index contributed by atoms with van der Waals surface area (Å²) in [6.07, 6.45) is 1.18. The average Bonchev–Trinajstić information content (AvgIpc) is 2.48. The lowest BCUT2D eigenvalue weighted by Gasteiger charge is -2.03. The molecular formula is C13H12N4O4S. The Labute approximate surface area is 126 Å². The van der Waals surface area contributed by atoms with Gasteiger partial charge in [0.25, 0.3) is 15.7 Å². The molecule has 0 aliphatic heterocycles. The van der Waals surface area contributed by atoms with Crippen LogP contribution in [0, 0.1) is 10.1 Å². The van der Waals surface area contributed by atoms with E-state index in [9.17, 15) is 18.5 Å². The molecule has 0 saturated heterocycles. The Bertz CT molecular complexity index is 816. The van der Waals surface area contributed by atoms with Crippen LogP contribution in [0.25, 0.3) is 0 Å². The lowest BCUT2D eigenvalue weighted by molar-refractivity contribution is -0.384. The number of hydrogen-bond donors (Lipinski definition) is 2. The van der Waals surface area contributed by atoms with Gasteiger partial charge < -0.3 is 5.73 Å². The zero-order valence-corrected chi connectivity index (χ0v) is 12.0. The van der Waals surface area contributed by atoms with E-state index in [1.165, 1.54) is 48.7 Å². The number of nitro benzene ring substituents is 1. The first-order valence-corrected chi connectivity index (χ1v) is 7.52. The Hall–Kier alpha value is -2.94. The van der Waals surface area contributed by atoms with Gasteiger partial charge in [0.15, 0.2) is 0 Å². The molecule has 3 N–H and O–H groups in total. The molecular weight excluding hydrogens is 308 g/mol. The second-order valence-corrected chi connectivity index (χ2v) is 5.93. The van der Waals surface area contributed by atoms with Gasteiger partial charge in [-0.2, -0.15) is 13.5 Å². The molecule has 2 aromatic carbocycles. The molecule has 22 heavy (non-hydrogen) atoms. The van der Waals surface area contributed by atoms with Crippen molar-refractivity contribution in [3.63, 3.8) is 0 Å². The van der Waals surface area contributed by atoms with E-state index in [0.29, 0.717) is 11.3 Å². The van der Waals surface area contributed by atoms with Crippen LogP contribution >= 0.6 is 0 Å². The van der Waals surface area contributed by atoms with Crippen LogP contribution in [0.2, 0.25) is 0 Å². The van der Waals surface area contributed by atoms with Gasteiger partial charge in [-0.1, -0.05) is 12.1 Å². The largest absolute Gasteiger partial charge is 0.399 e. The molecule has 0 aromatic heterocycles. The number of anilines is 1. The van der Waals surface area contributed by atoms with E-state index in [0.717, 1.165) is 0 Å². The fraction of sp³-hybridized carbons (Fsp3) is 0. The quantitative estimate of drug-likeness (QED) is 0.373. The number of hydrogen-bond acceptors (Lipinski definition) is 6. The molecule has 8 nitrogen and oxygen atoms in total. The molecule has 2 rings (SSSR count). The smallest absolute Gasteiger partial charge is 0.276 e. The molecule has 0 aliphatic carbocycles. The van der Waals surface area contributed by atoms with E-state index < -0.39 is 14.9 Å². The predicted molar refractivity (Wildman–Crippen MR) is 81.9 cm³/mol. The Morgan fingerprint density at radius 3 is 2.50 bits per heavy atom.